The highest BCUT2D eigenvalue weighted by molar-refractivity contribution is 7.10. The Kier molecular flexibility index (Phi) is 4.32. The van der Waals surface area contributed by atoms with Gasteiger partial charge in [0.25, 0.3) is 5.91 Å². The molecule has 2 aromatic heterocycles. The number of methoxy groups -OCH3 is 1. The third-order valence-corrected chi connectivity index (χ3v) is 5.20. The van der Waals surface area contributed by atoms with E-state index in [-0.39, 0.29) is 11.9 Å². The van der Waals surface area contributed by atoms with Gasteiger partial charge in [0, 0.05) is 23.6 Å². The molecule has 1 atom stereocenters. The molecule has 0 saturated heterocycles. The lowest BCUT2D eigenvalue weighted by Gasteiger charge is -2.14. The molecule has 2 heterocycles. The van der Waals surface area contributed by atoms with Crippen LogP contribution in [0.15, 0.2) is 10.8 Å². The maximum absolute atomic E-state index is 12.4. The van der Waals surface area contributed by atoms with Gasteiger partial charge in [0.2, 0.25) is 0 Å². The fraction of sp³-hybridized carbons (Fsp3) is 0.500. The average Bonchev–Trinajstić information content (AvgIpc) is 3.04. The molecule has 21 heavy (non-hydrogen) atoms. The zero-order valence-electron chi connectivity index (χ0n) is 12.0. The Hall–Kier alpha value is -1.31. The van der Waals surface area contributed by atoms with E-state index in [0.717, 1.165) is 28.6 Å². The Morgan fingerprint density at radius 2 is 2.24 bits per heavy atom. The van der Waals surface area contributed by atoms with Gasteiger partial charge in [-0.3, -0.25) is 4.79 Å². The highest BCUT2D eigenvalue weighted by Gasteiger charge is 2.35. The molecular weight excluding hydrogens is 306 g/mol. The summed E-state index contributed by atoms with van der Waals surface area (Å²) in [5, 5.41) is 8.71. The van der Waals surface area contributed by atoms with Gasteiger partial charge in [-0.15, -0.1) is 22.7 Å². The summed E-state index contributed by atoms with van der Waals surface area (Å²) in [6, 6.07) is 0.0174. The Morgan fingerprint density at radius 3 is 2.86 bits per heavy atom. The van der Waals surface area contributed by atoms with Crippen LogP contribution in [0.3, 0.4) is 0 Å². The van der Waals surface area contributed by atoms with Crippen molar-refractivity contribution in [2.45, 2.75) is 32.4 Å². The van der Waals surface area contributed by atoms with Crippen LogP contribution >= 0.6 is 22.7 Å². The predicted molar refractivity (Wildman–Crippen MR) is 82.6 cm³/mol. The summed E-state index contributed by atoms with van der Waals surface area (Å²) >= 11 is 3.06. The number of hydrogen-bond acceptors (Lipinski definition) is 6. The summed E-state index contributed by atoms with van der Waals surface area (Å²) < 4.78 is 5.03. The topological polar surface area (TPSA) is 64.1 Å². The molecule has 1 amide bonds. The second kappa shape index (κ2) is 6.21. The van der Waals surface area contributed by atoms with Crippen molar-refractivity contribution in [3.05, 3.63) is 32.2 Å². The number of hydrogen-bond donors (Lipinski definition) is 1. The minimum Gasteiger partial charge on any atom is -0.378 e. The Balaban J connectivity index is 1.71. The van der Waals surface area contributed by atoms with Crippen LogP contribution in [0, 0.1) is 12.8 Å². The highest BCUT2D eigenvalue weighted by Crippen LogP contribution is 2.42. The van der Waals surface area contributed by atoms with E-state index in [4.69, 9.17) is 4.74 Å². The Labute approximate surface area is 131 Å². The minimum atomic E-state index is -0.127. The molecule has 1 aliphatic carbocycles. The van der Waals surface area contributed by atoms with Gasteiger partial charge < -0.3 is 10.1 Å². The van der Waals surface area contributed by atoms with Gasteiger partial charge in [-0.1, -0.05) is 0 Å². The van der Waals surface area contributed by atoms with Crippen molar-refractivity contribution >= 4 is 28.6 Å². The van der Waals surface area contributed by atoms with Crippen LogP contribution in [0.4, 0.5) is 0 Å². The SMILES string of the molecule is COCc1nc(C(=O)N[C@@H](c2nc(C)cs2)C2CC2)cs1. The number of nitrogens with zero attached hydrogens (tertiary/aromatic N) is 2. The molecule has 1 saturated carbocycles. The monoisotopic (exact) mass is 323 g/mol. The lowest BCUT2D eigenvalue weighted by molar-refractivity contribution is 0.0926. The van der Waals surface area contributed by atoms with E-state index in [9.17, 15) is 4.79 Å². The summed E-state index contributed by atoms with van der Waals surface area (Å²) in [6.07, 6.45) is 2.30. The van der Waals surface area contributed by atoms with Crippen LogP contribution in [0.25, 0.3) is 0 Å². The number of carbonyl (C=O) groups excluding carboxylic acids is 1. The van der Waals surface area contributed by atoms with Gasteiger partial charge >= 0.3 is 0 Å². The number of rotatable bonds is 6. The first-order valence-electron chi connectivity index (χ1n) is 6.83. The molecule has 1 aliphatic rings. The molecule has 5 nitrogen and oxygen atoms in total. The largest absolute Gasteiger partial charge is 0.378 e. The number of nitrogens with one attached hydrogen (secondary N) is 1. The first-order chi connectivity index (χ1) is 10.2. The van der Waals surface area contributed by atoms with Gasteiger partial charge in [-0.05, 0) is 25.7 Å². The molecular formula is C14H17N3O2S2. The first kappa shape index (κ1) is 14.6. The fourth-order valence-corrected chi connectivity index (χ4v) is 3.83. The number of aromatic nitrogens is 2. The van der Waals surface area contributed by atoms with E-state index in [2.05, 4.69) is 15.3 Å². The van der Waals surface area contributed by atoms with Crippen LogP contribution in [0.5, 0.6) is 0 Å². The predicted octanol–water partition coefficient (Wildman–Crippen LogP) is 2.94. The van der Waals surface area contributed by atoms with Crippen molar-refractivity contribution < 1.29 is 9.53 Å². The molecule has 112 valence electrons. The van der Waals surface area contributed by atoms with E-state index < -0.39 is 0 Å². The molecule has 0 spiro atoms. The van der Waals surface area contributed by atoms with Crippen molar-refractivity contribution in [2.75, 3.05) is 7.11 Å². The maximum Gasteiger partial charge on any atom is 0.271 e. The number of amides is 1. The quantitative estimate of drug-likeness (QED) is 0.888. The molecule has 1 N–H and O–H groups in total. The number of ether oxygens (including phenoxy) is 1. The normalized spacial score (nSPS) is 15.9. The molecule has 1 fully saturated rings. The van der Waals surface area contributed by atoms with Gasteiger partial charge in [0.05, 0.1) is 12.6 Å². The summed E-state index contributed by atoms with van der Waals surface area (Å²) in [5.74, 6) is 0.384. The lowest BCUT2D eigenvalue weighted by Crippen LogP contribution is -2.30. The van der Waals surface area contributed by atoms with E-state index >= 15 is 0 Å². The van der Waals surface area contributed by atoms with Gasteiger partial charge in [-0.25, -0.2) is 9.97 Å². The molecule has 3 rings (SSSR count). The highest BCUT2D eigenvalue weighted by atomic mass is 32.1. The van der Waals surface area contributed by atoms with Crippen molar-refractivity contribution in [1.82, 2.24) is 15.3 Å². The summed E-state index contributed by atoms with van der Waals surface area (Å²) in [4.78, 5) is 21.2. The van der Waals surface area contributed by atoms with Crippen molar-refractivity contribution in [3.63, 3.8) is 0 Å². The Morgan fingerprint density at radius 1 is 1.43 bits per heavy atom. The zero-order chi connectivity index (χ0) is 14.8. The van der Waals surface area contributed by atoms with E-state index in [1.807, 2.05) is 12.3 Å². The molecule has 0 bridgehead atoms. The van der Waals surface area contributed by atoms with Crippen molar-refractivity contribution in [2.24, 2.45) is 5.92 Å². The molecule has 7 heteroatoms. The standard InChI is InChI=1S/C14H17N3O2S2/c1-8-6-21-14(15-8)12(9-3-4-9)17-13(18)10-7-20-11(16-10)5-19-2/h6-7,9,12H,3-5H2,1-2H3,(H,17,18)/t12-/m1/s1. The number of aryl methyl sites for hydroxylation is 1. The van der Waals surface area contributed by atoms with Crippen molar-refractivity contribution in [1.29, 1.82) is 0 Å². The van der Waals surface area contributed by atoms with Gasteiger partial charge in [0.15, 0.2) is 0 Å². The maximum atomic E-state index is 12.4. The summed E-state index contributed by atoms with van der Waals surface area (Å²) in [5.41, 5.74) is 1.47. The van der Waals surface area contributed by atoms with Gasteiger partial charge in [-0.2, -0.15) is 0 Å². The van der Waals surface area contributed by atoms with Crippen LogP contribution in [0.1, 0.15) is 45.1 Å². The van der Waals surface area contributed by atoms with Crippen molar-refractivity contribution in [3.8, 4) is 0 Å². The zero-order valence-corrected chi connectivity index (χ0v) is 13.6. The molecule has 0 aromatic carbocycles. The van der Waals surface area contributed by atoms with E-state index in [1.165, 1.54) is 11.3 Å². The van der Waals surface area contributed by atoms with Crippen LogP contribution in [-0.2, 0) is 11.3 Å². The fourth-order valence-electron chi connectivity index (χ4n) is 2.15. The van der Waals surface area contributed by atoms with E-state index in [0.29, 0.717) is 18.2 Å². The first-order valence-corrected chi connectivity index (χ1v) is 8.59. The molecule has 0 radical (unpaired) electrons. The van der Waals surface area contributed by atoms with Crippen LogP contribution in [0.2, 0.25) is 0 Å². The number of carbonyl (C=O) groups is 1. The van der Waals surface area contributed by atoms with E-state index in [1.54, 1.807) is 23.8 Å². The van der Waals surface area contributed by atoms with Crippen LogP contribution < -0.4 is 5.32 Å². The lowest BCUT2D eigenvalue weighted by atomic mass is 10.2. The number of thiazole rings is 2. The molecule has 0 aliphatic heterocycles. The summed E-state index contributed by atoms with van der Waals surface area (Å²) in [6.45, 7) is 2.42. The molecule has 0 unspecified atom stereocenters. The minimum absolute atomic E-state index is 0.0174. The Bertz CT molecular complexity index is 634. The average molecular weight is 323 g/mol. The third kappa shape index (κ3) is 3.48. The second-order valence-corrected chi connectivity index (χ2v) is 7.01. The molecule has 2 aromatic rings. The smallest absolute Gasteiger partial charge is 0.271 e. The van der Waals surface area contributed by atoms with Crippen LogP contribution in [-0.4, -0.2) is 23.0 Å². The third-order valence-electron chi connectivity index (χ3n) is 3.34. The van der Waals surface area contributed by atoms with Gasteiger partial charge in [0.1, 0.15) is 15.7 Å². The summed E-state index contributed by atoms with van der Waals surface area (Å²) in [7, 11) is 1.62. The second-order valence-electron chi connectivity index (χ2n) is 5.18.